The first-order chi connectivity index (χ1) is 13.7. The zero-order valence-corrected chi connectivity index (χ0v) is 17.9. The molecule has 2 fully saturated rings. The number of pyridine rings is 1. The first-order valence-electron chi connectivity index (χ1n) is 10.8. The molecule has 28 heavy (non-hydrogen) atoms. The summed E-state index contributed by atoms with van der Waals surface area (Å²) in [7, 11) is 0. The molecule has 0 aromatic carbocycles. The van der Waals surface area contributed by atoms with Gasteiger partial charge in [0.25, 0.3) is 5.56 Å². The molecule has 0 bridgehead atoms. The van der Waals surface area contributed by atoms with Gasteiger partial charge in [0.1, 0.15) is 0 Å². The standard InChI is InChI=1S/C23H32N2O2S/c1-3-4-17-6-10-19(11-7-17)27-15-22-21(24-28-20-12-13-20)14-9-18-8-5-16(2)23(26)25(18)22/h5,8,17,19-22,24H,6-7,9-15H2,1-2H3. The van der Waals surface area contributed by atoms with Crippen LogP contribution in [0.15, 0.2) is 16.9 Å². The largest absolute Gasteiger partial charge is 0.376 e. The molecule has 4 nitrogen and oxygen atoms in total. The van der Waals surface area contributed by atoms with Gasteiger partial charge in [-0.1, -0.05) is 18.0 Å². The summed E-state index contributed by atoms with van der Waals surface area (Å²) in [4.78, 5) is 12.9. The van der Waals surface area contributed by atoms with Crippen LogP contribution in [0.25, 0.3) is 0 Å². The number of nitrogens with zero attached hydrogens (tertiary/aromatic N) is 1. The average Bonchev–Trinajstić information content (AvgIpc) is 3.53. The van der Waals surface area contributed by atoms with E-state index in [0.717, 1.165) is 55.0 Å². The van der Waals surface area contributed by atoms with E-state index < -0.39 is 0 Å². The Hall–Kier alpha value is -1.22. The van der Waals surface area contributed by atoms with Gasteiger partial charge in [-0.3, -0.25) is 9.52 Å². The molecule has 3 aliphatic rings. The second kappa shape index (κ2) is 9.07. The molecular formula is C23H32N2O2S. The van der Waals surface area contributed by atoms with Crippen molar-refractivity contribution in [2.75, 3.05) is 6.61 Å². The third kappa shape index (κ3) is 4.67. The number of rotatable bonds is 6. The topological polar surface area (TPSA) is 43.3 Å². The van der Waals surface area contributed by atoms with Crippen LogP contribution >= 0.6 is 11.9 Å². The molecule has 0 saturated heterocycles. The van der Waals surface area contributed by atoms with Crippen LogP contribution in [0.3, 0.4) is 0 Å². The lowest BCUT2D eigenvalue weighted by Crippen LogP contribution is -2.46. The average molecular weight is 401 g/mol. The van der Waals surface area contributed by atoms with Crippen molar-refractivity contribution in [1.82, 2.24) is 9.29 Å². The number of hydrogen-bond acceptors (Lipinski definition) is 4. The summed E-state index contributed by atoms with van der Waals surface area (Å²) in [5.74, 6) is 6.90. The minimum atomic E-state index is 0.0792. The van der Waals surface area contributed by atoms with Gasteiger partial charge in [0.05, 0.1) is 18.8 Å². The molecule has 2 heterocycles. The van der Waals surface area contributed by atoms with Crippen molar-refractivity contribution < 1.29 is 4.74 Å². The minimum Gasteiger partial charge on any atom is -0.376 e. The van der Waals surface area contributed by atoms with Gasteiger partial charge in [-0.05, 0) is 71.3 Å². The fourth-order valence-corrected chi connectivity index (χ4v) is 5.46. The zero-order chi connectivity index (χ0) is 19.5. The predicted molar refractivity (Wildman–Crippen MR) is 115 cm³/mol. The number of hydrogen-bond donors (Lipinski definition) is 1. The van der Waals surface area contributed by atoms with Crippen LogP contribution < -0.4 is 10.3 Å². The molecular weight excluding hydrogens is 368 g/mol. The van der Waals surface area contributed by atoms with Gasteiger partial charge in [-0.25, -0.2) is 0 Å². The lowest BCUT2D eigenvalue weighted by Gasteiger charge is -2.37. The lowest BCUT2D eigenvalue weighted by molar-refractivity contribution is -0.00283. The van der Waals surface area contributed by atoms with Crippen LogP contribution in [-0.2, 0) is 11.2 Å². The lowest BCUT2D eigenvalue weighted by atomic mass is 9.88. The van der Waals surface area contributed by atoms with Crippen molar-refractivity contribution in [3.63, 3.8) is 0 Å². The summed E-state index contributed by atoms with van der Waals surface area (Å²) in [6, 6.07) is 4.47. The molecule has 2 aliphatic carbocycles. The second-order valence-corrected chi connectivity index (χ2v) is 9.67. The van der Waals surface area contributed by atoms with Gasteiger partial charge in [0.15, 0.2) is 0 Å². The number of aryl methyl sites for hydroxylation is 2. The Labute approximate surface area is 172 Å². The molecule has 0 spiro atoms. The quantitative estimate of drug-likeness (QED) is 0.579. The first-order valence-corrected chi connectivity index (χ1v) is 11.7. The van der Waals surface area contributed by atoms with Crippen LogP contribution in [0.5, 0.6) is 0 Å². The molecule has 1 aromatic heterocycles. The van der Waals surface area contributed by atoms with Gasteiger partial charge in [0.2, 0.25) is 0 Å². The molecule has 2 unspecified atom stereocenters. The Bertz CT molecular complexity index is 797. The van der Waals surface area contributed by atoms with Crippen molar-refractivity contribution >= 4 is 11.9 Å². The van der Waals surface area contributed by atoms with Crippen molar-refractivity contribution in [1.29, 1.82) is 0 Å². The maximum absolute atomic E-state index is 12.9. The summed E-state index contributed by atoms with van der Waals surface area (Å²) in [5, 5.41) is 0.757. The van der Waals surface area contributed by atoms with E-state index in [-0.39, 0.29) is 11.6 Å². The smallest absolute Gasteiger partial charge is 0.254 e. The maximum Gasteiger partial charge on any atom is 0.254 e. The summed E-state index contributed by atoms with van der Waals surface area (Å²) in [6.45, 7) is 4.46. The van der Waals surface area contributed by atoms with Crippen molar-refractivity contribution in [2.24, 2.45) is 5.92 Å². The van der Waals surface area contributed by atoms with E-state index in [1.807, 2.05) is 36.4 Å². The number of ether oxygens (including phenoxy) is 1. The second-order valence-electron chi connectivity index (χ2n) is 8.53. The van der Waals surface area contributed by atoms with E-state index in [0.29, 0.717) is 24.7 Å². The van der Waals surface area contributed by atoms with Crippen LogP contribution in [-0.4, -0.2) is 28.6 Å². The van der Waals surface area contributed by atoms with E-state index in [1.165, 1.54) is 12.8 Å². The maximum atomic E-state index is 12.9. The first kappa shape index (κ1) is 20.1. The summed E-state index contributed by atoms with van der Waals surface area (Å²) in [5.41, 5.74) is 2.12. The molecule has 1 aromatic rings. The van der Waals surface area contributed by atoms with Crippen LogP contribution in [0.1, 0.15) is 69.2 Å². The zero-order valence-electron chi connectivity index (χ0n) is 17.1. The SMILES string of the molecule is CC#CC1CCC(OCC2C(NSC3CC3)CCc3ccc(C)c(=O)n32)CC1. The number of nitrogens with one attached hydrogen (secondary N) is 1. The monoisotopic (exact) mass is 400 g/mol. The highest BCUT2D eigenvalue weighted by molar-refractivity contribution is 7.98. The molecule has 2 atom stereocenters. The molecule has 0 radical (unpaired) electrons. The third-order valence-corrected chi connectivity index (χ3v) is 7.58. The summed E-state index contributed by atoms with van der Waals surface area (Å²) < 4.78 is 12.1. The predicted octanol–water partition coefficient (Wildman–Crippen LogP) is 4.01. The molecule has 2 saturated carbocycles. The molecule has 0 amide bonds. The van der Waals surface area contributed by atoms with Crippen LogP contribution in [0.4, 0.5) is 0 Å². The minimum absolute atomic E-state index is 0.0792. The van der Waals surface area contributed by atoms with Crippen molar-refractivity contribution in [3.05, 3.63) is 33.7 Å². The Balaban J connectivity index is 1.45. The molecule has 1 N–H and O–H groups in total. The highest BCUT2D eigenvalue weighted by atomic mass is 32.2. The van der Waals surface area contributed by atoms with Gasteiger partial charge in [-0.15, -0.1) is 11.8 Å². The molecule has 5 heteroatoms. The number of aromatic nitrogens is 1. The van der Waals surface area contributed by atoms with E-state index in [4.69, 9.17) is 4.74 Å². The normalized spacial score (nSPS) is 29.6. The van der Waals surface area contributed by atoms with E-state index in [2.05, 4.69) is 22.6 Å². The highest BCUT2D eigenvalue weighted by Gasteiger charge is 2.33. The van der Waals surface area contributed by atoms with Gasteiger partial charge in [-0.2, -0.15) is 0 Å². The van der Waals surface area contributed by atoms with Crippen molar-refractivity contribution in [3.8, 4) is 11.8 Å². The summed E-state index contributed by atoms with van der Waals surface area (Å²) in [6.07, 6.45) is 9.36. The Morgan fingerprint density at radius 2 is 1.96 bits per heavy atom. The van der Waals surface area contributed by atoms with Gasteiger partial charge >= 0.3 is 0 Å². The van der Waals surface area contributed by atoms with Gasteiger partial charge < -0.3 is 9.30 Å². The van der Waals surface area contributed by atoms with Gasteiger partial charge in [0, 0.05) is 28.5 Å². The fraction of sp³-hybridized carbons (Fsp3) is 0.696. The molecule has 1 aliphatic heterocycles. The van der Waals surface area contributed by atoms with Crippen molar-refractivity contribution in [2.45, 2.75) is 88.7 Å². The van der Waals surface area contributed by atoms with E-state index in [9.17, 15) is 4.79 Å². The Morgan fingerprint density at radius 1 is 1.18 bits per heavy atom. The molecule has 152 valence electrons. The number of fused-ring (bicyclic) bond motifs is 1. The fourth-order valence-electron chi connectivity index (χ4n) is 4.45. The van der Waals surface area contributed by atoms with E-state index in [1.54, 1.807) is 0 Å². The third-order valence-electron chi connectivity index (χ3n) is 6.33. The van der Waals surface area contributed by atoms with Crippen LogP contribution in [0, 0.1) is 24.7 Å². The highest BCUT2D eigenvalue weighted by Crippen LogP contribution is 2.35. The Kier molecular flexibility index (Phi) is 6.50. The summed E-state index contributed by atoms with van der Waals surface area (Å²) >= 11 is 1.87. The Morgan fingerprint density at radius 3 is 2.68 bits per heavy atom. The van der Waals surface area contributed by atoms with E-state index >= 15 is 0 Å². The molecule has 4 rings (SSSR count). The van der Waals surface area contributed by atoms with Crippen LogP contribution in [0.2, 0.25) is 0 Å².